The van der Waals surface area contributed by atoms with Gasteiger partial charge in [-0.1, -0.05) is 19.9 Å². The van der Waals surface area contributed by atoms with Crippen LogP contribution in [0.4, 0.5) is 16.3 Å². The van der Waals surface area contributed by atoms with Crippen molar-refractivity contribution in [3.8, 4) is 0 Å². The van der Waals surface area contributed by atoms with Crippen LogP contribution in [0.1, 0.15) is 37.6 Å². The minimum Gasteiger partial charge on any atom is -0.356 e. The summed E-state index contributed by atoms with van der Waals surface area (Å²) in [5.41, 5.74) is 1.79. The van der Waals surface area contributed by atoms with Crippen LogP contribution in [-0.2, 0) is 0 Å². The highest BCUT2D eigenvalue weighted by Gasteiger charge is 2.21. The number of anilines is 2. The highest BCUT2D eigenvalue weighted by atomic mass is 32.1. The molecule has 7 heteroatoms. The van der Waals surface area contributed by atoms with E-state index in [-0.39, 0.29) is 12.1 Å². The first kappa shape index (κ1) is 18.7. The van der Waals surface area contributed by atoms with E-state index in [1.807, 2.05) is 42.6 Å². The van der Waals surface area contributed by atoms with Gasteiger partial charge in [0.1, 0.15) is 5.82 Å². The lowest BCUT2D eigenvalue weighted by Crippen LogP contribution is -2.46. The molecule has 0 bridgehead atoms. The first-order chi connectivity index (χ1) is 13.6. The van der Waals surface area contributed by atoms with E-state index in [4.69, 9.17) is 0 Å². The molecular weight excluding hydrogens is 370 g/mol. The molecule has 28 heavy (non-hydrogen) atoms. The summed E-state index contributed by atoms with van der Waals surface area (Å²) in [5, 5.41) is 7.19. The van der Waals surface area contributed by atoms with Gasteiger partial charge in [0, 0.05) is 36.9 Å². The monoisotopic (exact) mass is 395 g/mol. The maximum absolute atomic E-state index is 12.4. The van der Waals surface area contributed by atoms with Crippen molar-refractivity contribution in [2.45, 2.75) is 38.6 Å². The first-order valence-electron chi connectivity index (χ1n) is 9.72. The van der Waals surface area contributed by atoms with Crippen LogP contribution in [0.2, 0.25) is 0 Å². The molecule has 1 saturated heterocycles. The number of thiazole rings is 1. The Bertz CT molecular complexity index is 948. The fourth-order valence-electron chi connectivity index (χ4n) is 3.41. The zero-order valence-electron chi connectivity index (χ0n) is 16.2. The van der Waals surface area contributed by atoms with Crippen LogP contribution in [0, 0.1) is 0 Å². The number of carbonyl (C=O) groups excluding carboxylic acids is 1. The normalized spacial score (nSPS) is 15.2. The maximum Gasteiger partial charge on any atom is 0.319 e. The molecule has 1 fully saturated rings. The van der Waals surface area contributed by atoms with Crippen molar-refractivity contribution in [3.05, 3.63) is 47.6 Å². The fourth-order valence-corrected chi connectivity index (χ4v) is 4.42. The Morgan fingerprint density at radius 2 is 2.04 bits per heavy atom. The van der Waals surface area contributed by atoms with Gasteiger partial charge in [-0.25, -0.2) is 14.8 Å². The lowest BCUT2D eigenvalue weighted by molar-refractivity contribution is 0.246. The molecular formula is C21H25N5OS. The van der Waals surface area contributed by atoms with E-state index in [1.165, 1.54) is 0 Å². The number of fused-ring (bicyclic) bond motifs is 1. The molecule has 3 heterocycles. The quantitative estimate of drug-likeness (QED) is 0.677. The number of hydrogen-bond acceptors (Lipinski definition) is 5. The van der Waals surface area contributed by atoms with Crippen molar-refractivity contribution in [1.82, 2.24) is 15.3 Å². The number of carbonyl (C=O) groups is 1. The number of urea groups is 1. The Morgan fingerprint density at radius 3 is 2.75 bits per heavy atom. The number of pyridine rings is 1. The van der Waals surface area contributed by atoms with E-state index in [9.17, 15) is 4.79 Å². The fraction of sp³-hybridized carbons (Fsp3) is 0.381. The van der Waals surface area contributed by atoms with Gasteiger partial charge in [-0.3, -0.25) is 0 Å². The summed E-state index contributed by atoms with van der Waals surface area (Å²) in [4.78, 5) is 23.7. The van der Waals surface area contributed by atoms with Crippen LogP contribution in [0.3, 0.4) is 0 Å². The lowest BCUT2D eigenvalue weighted by Gasteiger charge is -2.33. The predicted molar refractivity (Wildman–Crippen MR) is 115 cm³/mol. The van der Waals surface area contributed by atoms with Gasteiger partial charge in [0.25, 0.3) is 0 Å². The average molecular weight is 396 g/mol. The molecule has 6 nitrogen and oxygen atoms in total. The van der Waals surface area contributed by atoms with E-state index in [2.05, 4.69) is 39.3 Å². The summed E-state index contributed by atoms with van der Waals surface area (Å²) in [5.74, 6) is 1.41. The molecule has 0 aliphatic carbocycles. The number of benzene rings is 1. The van der Waals surface area contributed by atoms with Gasteiger partial charge < -0.3 is 15.5 Å². The Labute approximate surface area is 169 Å². The highest BCUT2D eigenvalue weighted by molar-refractivity contribution is 7.18. The molecule has 1 aromatic carbocycles. The van der Waals surface area contributed by atoms with E-state index in [0.29, 0.717) is 5.92 Å². The third-order valence-corrected chi connectivity index (χ3v) is 6.28. The summed E-state index contributed by atoms with van der Waals surface area (Å²) in [6.45, 7) is 6.08. The van der Waals surface area contributed by atoms with Crippen molar-refractivity contribution in [3.63, 3.8) is 0 Å². The average Bonchev–Trinajstić information content (AvgIpc) is 3.13. The molecule has 1 aliphatic heterocycles. The summed E-state index contributed by atoms with van der Waals surface area (Å²) in [6.07, 6.45) is 3.64. The van der Waals surface area contributed by atoms with Crippen LogP contribution < -0.4 is 15.5 Å². The second kappa shape index (κ2) is 8.14. The number of aromatic nitrogens is 2. The van der Waals surface area contributed by atoms with Gasteiger partial charge >= 0.3 is 6.03 Å². The second-order valence-electron chi connectivity index (χ2n) is 7.44. The molecule has 1 aliphatic rings. The SMILES string of the molecule is CC(C)c1nc2ccc(NC(=O)NC3CCN(c4ccccn4)CC3)cc2s1. The van der Waals surface area contributed by atoms with E-state index >= 15 is 0 Å². The predicted octanol–water partition coefficient (Wildman–Crippen LogP) is 4.61. The largest absolute Gasteiger partial charge is 0.356 e. The number of piperidine rings is 1. The summed E-state index contributed by atoms with van der Waals surface area (Å²) >= 11 is 1.69. The Balaban J connectivity index is 1.32. The Kier molecular flexibility index (Phi) is 5.43. The highest BCUT2D eigenvalue weighted by Crippen LogP contribution is 2.29. The van der Waals surface area contributed by atoms with Crippen molar-refractivity contribution in [1.29, 1.82) is 0 Å². The molecule has 2 amide bonds. The zero-order valence-corrected chi connectivity index (χ0v) is 17.0. The van der Waals surface area contributed by atoms with Crippen molar-refractivity contribution in [2.75, 3.05) is 23.3 Å². The number of amides is 2. The van der Waals surface area contributed by atoms with Gasteiger partial charge in [-0.2, -0.15) is 0 Å². The minimum absolute atomic E-state index is 0.149. The molecule has 4 rings (SSSR count). The zero-order chi connectivity index (χ0) is 19.5. The molecule has 0 spiro atoms. The van der Waals surface area contributed by atoms with E-state index in [0.717, 1.165) is 52.7 Å². The van der Waals surface area contributed by atoms with Crippen LogP contribution in [-0.4, -0.2) is 35.1 Å². The summed E-state index contributed by atoms with van der Waals surface area (Å²) in [7, 11) is 0. The van der Waals surface area contributed by atoms with Gasteiger partial charge in [-0.15, -0.1) is 11.3 Å². The molecule has 0 atom stereocenters. The molecule has 0 saturated carbocycles. The molecule has 0 unspecified atom stereocenters. The van der Waals surface area contributed by atoms with Crippen LogP contribution in [0.15, 0.2) is 42.6 Å². The lowest BCUT2D eigenvalue weighted by atomic mass is 10.1. The Hall–Kier alpha value is -2.67. The number of nitrogens with one attached hydrogen (secondary N) is 2. The minimum atomic E-state index is -0.149. The van der Waals surface area contributed by atoms with Crippen molar-refractivity contribution < 1.29 is 4.79 Å². The summed E-state index contributed by atoms with van der Waals surface area (Å²) in [6, 6.07) is 11.9. The van der Waals surface area contributed by atoms with Crippen LogP contribution in [0.25, 0.3) is 10.2 Å². The molecule has 3 aromatic rings. The number of rotatable bonds is 4. The number of hydrogen-bond donors (Lipinski definition) is 2. The van der Waals surface area contributed by atoms with Gasteiger partial charge in [0.15, 0.2) is 0 Å². The van der Waals surface area contributed by atoms with Crippen LogP contribution >= 0.6 is 11.3 Å². The van der Waals surface area contributed by atoms with Gasteiger partial charge in [-0.05, 0) is 43.2 Å². The van der Waals surface area contributed by atoms with Crippen molar-refractivity contribution in [2.24, 2.45) is 0 Å². The van der Waals surface area contributed by atoms with Crippen LogP contribution in [0.5, 0.6) is 0 Å². The van der Waals surface area contributed by atoms with Gasteiger partial charge in [0.2, 0.25) is 0 Å². The van der Waals surface area contributed by atoms with E-state index in [1.54, 1.807) is 11.3 Å². The second-order valence-corrected chi connectivity index (χ2v) is 8.50. The van der Waals surface area contributed by atoms with E-state index < -0.39 is 0 Å². The molecule has 146 valence electrons. The number of nitrogens with zero attached hydrogens (tertiary/aromatic N) is 3. The maximum atomic E-state index is 12.4. The van der Waals surface area contributed by atoms with Crippen molar-refractivity contribution >= 4 is 39.1 Å². The first-order valence-corrected chi connectivity index (χ1v) is 10.5. The topological polar surface area (TPSA) is 70.2 Å². The third kappa shape index (κ3) is 4.25. The third-order valence-electron chi connectivity index (χ3n) is 4.96. The standard InChI is InChI=1S/C21H25N5OS/c1-14(2)20-25-17-7-6-16(13-18(17)28-20)24-21(27)23-15-8-11-26(12-9-15)19-5-3-4-10-22-19/h3-7,10,13-15H,8-9,11-12H2,1-2H3,(H2,23,24,27). The smallest absolute Gasteiger partial charge is 0.319 e. The molecule has 2 aromatic heterocycles. The molecule has 2 N–H and O–H groups in total. The Morgan fingerprint density at radius 1 is 1.21 bits per heavy atom. The summed E-state index contributed by atoms with van der Waals surface area (Å²) < 4.78 is 1.10. The molecule has 0 radical (unpaired) electrons. The van der Waals surface area contributed by atoms with Gasteiger partial charge in [0.05, 0.1) is 15.2 Å².